The summed E-state index contributed by atoms with van der Waals surface area (Å²) >= 11 is 0. The van der Waals surface area contributed by atoms with Crippen LogP contribution in [-0.4, -0.2) is 66.7 Å². The first-order chi connectivity index (χ1) is 12.5. The van der Waals surface area contributed by atoms with Crippen LogP contribution in [0.4, 0.5) is 5.69 Å². The van der Waals surface area contributed by atoms with Crippen molar-refractivity contribution >= 4 is 23.5 Å². The minimum atomic E-state index is -0.950. The van der Waals surface area contributed by atoms with Crippen molar-refractivity contribution in [3.8, 4) is 5.75 Å². The van der Waals surface area contributed by atoms with Crippen molar-refractivity contribution in [1.82, 2.24) is 4.90 Å². The van der Waals surface area contributed by atoms with Gasteiger partial charge in [0.1, 0.15) is 5.75 Å². The van der Waals surface area contributed by atoms with Gasteiger partial charge in [0.25, 0.3) is 5.91 Å². The van der Waals surface area contributed by atoms with Crippen LogP contribution in [0.5, 0.6) is 5.75 Å². The summed E-state index contributed by atoms with van der Waals surface area (Å²) in [7, 11) is 0. The van der Waals surface area contributed by atoms with E-state index >= 15 is 0 Å². The standard InChI is InChI=1S/C18H22N2O6/c21-16-5-2-6-20(16)13-3-1-4-14(9-13)26-12-17(22)19-7-8-25-15(11-19)10-18(23)24/h1,3-4,9,15H,2,5-8,10-12H2,(H,23,24). The molecule has 2 aliphatic heterocycles. The maximum Gasteiger partial charge on any atom is 0.306 e. The van der Waals surface area contributed by atoms with Crippen LogP contribution >= 0.6 is 0 Å². The van der Waals surface area contributed by atoms with Crippen molar-refractivity contribution in [2.45, 2.75) is 25.4 Å². The van der Waals surface area contributed by atoms with E-state index in [9.17, 15) is 14.4 Å². The van der Waals surface area contributed by atoms with Crippen molar-refractivity contribution in [3.05, 3.63) is 24.3 Å². The van der Waals surface area contributed by atoms with E-state index in [2.05, 4.69) is 0 Å². The average Bonchev–Trinajstić information content (AvgIpc) is 3.05. The molecule has 1 aromatic carbocycles. The topological polar surface area (TPSA) is 96.4 Å². The van der Waals surface area contributed by atoms with Crippen LogP contribution in [0, 0.1) is 0 Å². The van der Waals surface area contributed by atoms with Crippen LogP contribution in [-0.2, 0) is 19.1 Å². The molecule has 2 heterocycles. The molecule has 1 aromatic rings. The van der Waals surface area contributed by atoms with Crippen molar-refractivity contribution in [2.24, 2.45) is 0 Å². The molecule has 140 valence electrons. The van der Waals surface area contributed by atoms with E-state index < -0.39 is 12.1 Å². The van der Waals surface area contributed by atoms with Crippen LogP contribution < -0.4 is 9.64 Å². The lowest BCUT2D eigenvalue weighted by Crippen LogP contribution is -2.47. The fraction of sp³-hybridized carbons (Fsp3) is 0.500. The molecule has 8 heteroatoms. The highest BCUT2D eigenvalue weighted by molar-refractivity contribution is 5.95. The van der Waals surface area contributed by atoms with Crippen molar-refractivity contribution in [2.75, 3.05) is 37.7 Å². The van der Waals surface area contributed by atoms with Gasteiger partial charge in [0.2, 0.25) is 5.91 Å². The lowest BCUT2D eigenvalue weighted by atomic mass is 10.2. The molecular weight excluding hydrogens is 340 g/mol. The Morgan fingerprint density at radius 1 is 1.31 bits per heavy atom. The molecule has 0 spiro atoms. The van der Waals surface area contributed by atoms with E-state index in [1.807, 2.05) is 6.07 Å². The molecule has 2 fully saturated rings. The highest BCUT2D eigenvalue weighted by Crippen LogP contribution is 2.25. The number of carboxylic acid groups (broad SMARTS) is 1. The van der Waals surface area contributed by atoms with Gasteiger partial charge in [0, 0.05) is 37.8 Å². The number of carbonyl (C=O) groups is 3. The molecule has 1 N–H and O–H groups in total. The normalized spacial score (nSPS) is 20.3. The first-order valence-electron chi connectivity index (χ1n) is 8.67. The third-order valence-electron chi connectivity index (χ3n) is 4.46. The third-order valence-corrected chi connectivity index (χ3v) is 4.46. The monoisotopic (exact) mass is 362 g/mol. The van der Waals surface area contributed by atoms with E-state index in [-0.39, 0.29) is 31.4 Å². The van der Waals surface area contributed by atoms with Crippen LogP contribution in [0.15, 0.2) is 24.3 Å². The van der Waals surface area contributed by atoms with E-state index in [0.29, 0.717) is 31.9 Å². The van der Waals surface area contributed by atoms with Gasteiger partial charge < -0.3 is 24.4 Å². The average molecular weight is 362 g/mol. The Bertz CT molecular complexity index is 692. The second-order valence-electron chi connectivity index (χ2n) is 6.37. The quantitative estimate of drug-likeness (QED) is 0.807. The van der Waals surface area contributed by atoms with Crippen molar-refractivity contribution in [1.29, 1.82) is 0 Å². The number of rotatable bonds is 6. The molecule has 0 saturated carbocycles. The van der Waals surface area contributed by atoms with E-state index in [4.69, 9.17) is 14.6 Å². The van der Waals surface area contributed by atoms with Crippen molar-refractivity contribution < 1.29 is 29.0 Å². The minimum absolute atomic E-state index is 0.0935. The number of carboxylic acids is 1. The third kappa shape index (κ3) is 4.51. The SMILES string of the molecule is O=C(O)CC1CN(C(=O)COc2cccc(N3CCCC3=O)c2)CCO1. The highest BCUT2D eigenvalue weighted by Gasteiger charge is 2.26. The number of ether oxygens (including phenoxy) is 2. The molecule has 1 atom stereocenters. The summed E-state index contributed by atoms with van der Waals surface area (Å²) in [4.78, 5) is 38.2. The predicted molar refractivity (Wildman–Crippen MR) is 92.1 cm³/mol. The van der Waals surface area contributed by atoms with Gasteiger partial charge in [0.05, 0.1) is 19.1 Å². The summed E-state index contributed by atoms with van der Waals surface area (Å²) < 4.78 is 10.9. The Kier molecular flexibility index (Phi) is 5.72. The number of morpholine rings is 1. The number of hydrogen-bond acceptors (Lipinski definition) is 5. The van der Waals surface area contributed by atoms with Crippen LogP contribution in [0.1, 0.15) is 19.3 Å². The Hall–Kier alpha value is -2.61. The Morgan fingerprint density at radius 3 is 2.88 bits per heavy atom. The van der Waals surface area contributed by atoms with Gasteiger partial charge in [-0.3, -0.25) is 14.4 Å². The fourth-order valence-corrected chi connectivity index (χ4v) is 3.16. The number of aliphatic carboxylic acids is 1. The van der Waals surface area contributed by atoms with Gasteiger partial charge in [-0.05, 0) is 18.6 Å². The van der Waals surface area contributed by atoms with E-state index in [0.717, 1.165) is 12.1 Å². The number of anilines is 1. The molecular formula is C18H22N2O6. The zero-order valence-corrected chi connectivity index (χ0v) is 14.4. The van der Waals surface area contributed by atoms with Gasteiger partial charge >= 0.3 is 5.97 Å². The summed E-state index contributed by atoms with van der Waals surface area (Å²) in [5.41, 5.74) is 0.769. The van der Waals surface area contributed by atoms with E-state index in [1.165, 1.54) is 0 Å². The lowest BCUT2D eigenvalue weighted by Gasteiger charge is -2.32. The van der Waals surface area contributed by atoms with Gasteiger partial charge in [-0.1, -0.05) is 6.07 Å². The molecule has 0 bridgehead atoms. The number of benzene rings is 1. The summed E-state index contributed by atoms with van der Waals surface area (Å²) in [5.74, 6) is -0.554. The molecule has 0 aromatic heterocycles. The summed E-state index contributed by atoms with van der Waals surface area (Å²) in [6.07, 6.45) is 0.778. The molecule has 2 amide bonds. The molecule has 8 nitrogen and oxygen atoms in total. The molecule has 26 heavy (non-hydrogen) atoms. The van der Waals surface area contributed by atoms with Crippen molar-refractivity contribution in [3.63, 3.8) is 0 Å². The Labute approximate surface area is 151 Å². The summed E-state index contributed by atoms with van der Waals surface area (Å²) in [6, 6.07) is 7.13. The lowest BCUT2D eigenvalue weighted by molar-refractivity contribution is -0.148. The maximum atomic E-state index is 12.3. The summed E-state index contributed by atoms with van der Waals surface area (Å²) in [6.45, 7) is 1.53. The highest BCUT2D eigenvalue weighted by atomic mass is 16.5. The van der Waals surface area contributed by atoms with Crippen LogP contribution in [0.25, 0.3) is 0 Å². The molecule has 2 saturated heterocycles. The number of carbonyl (C=O) groups excluding carboxylic acids is 2. The molecule has 0 radical (unpaired) electrons. The fourth-order valence-electron chi connectivity index (χ4n) is 3.16. The molecule has 1 unspecified atom stereocenters. The smallest absolute Gasteiger partial charge is 0.306 e. The maximum absolute atomic E-state index is 12.3. The number of hydrogen-bond donors (Lipinski definition) is 1. The summed E-state index contributed by atoms with van der Waals surface area (Å²) in [5, 5.41) is 8.84. The Balaban J connectivity index is 1.54. The molecule has 2 aliphatic rings. The van der Waals surface area contributed by atoms with Gasteiger partial charge in [-0.25, -0.2) is 0 Å². The van der Waals surface area contributed by atoms with Crippen LogP contribution in [0.2, 0.25) is 0 Å². The second-order valence-corrected chi connectivity index (χ2v) is 6.37. The zero-order chi connectivity index (χ0) is 18.5. The minimum Gasteiger partial charge on any atom is -0.484 e. The molecule has 0 aliphatic carbocycles. The van der Waals surface area contributed by atoms with Gasteiger partial charge in [-0.15, -0.1) is 0 Å². The van der Waals surface area contributed by atoms with E-state index in [1.54, 1.807) is 28.0 Å². The van der Waals surface area contributed by atoms with Crippen LogP contribution in [0.3, 0.4) is 0 Å². The van der Waals surface area contributed by atoms with Gasteiger partial charge in [-0.2, -0.15) is 0 Å². The first-order valence-corrected chi connectivity index (χ1v) is 8.67. The number of nitrogens with zero attached hydrogens (tertiary/aromatic N) is 2. The second kappa shape index (κ2) is 8.18. The zero-order valence-electron chi connectivity index (χ0n) is 14.4. The predicted octanol–water partition coefficient (Wildman–Crippen LogP) is 0.894. The molecule has 3 rings (SSSR count). The number of amides is 2. The first kappa shape index (κ1) is 18.2. The van der Waals surface area contributed by atoms with Gasteiger partial charge in [0.15, 0.2) is 6.61 Å². The Morgan fingerprint density at radius 2 is 2.15 bits per heavy atom. The largest absolute Gasteiger partial charge is 0.484 e.